The number of hydrogen-bond donors (Lipinski definition) is 1. The molecule has 19 heavy (non-hydrogen) atoms. The molecule has 1 aromatic heterocycles. The summed E-state index contributed by atoms with van der Waals surface area (Å²) in [5.41, 5.74) is 0.485. The van der Waals surface area contributed by atoms with E-state index in [1.54, 1.807) is 25.1 Å². The van der Waals surface area contributed by atoms with Crippen molar-refractivity contribution in [3.63, 3.8) is 0 Å². The maximum absolute atomic E-state index is 10.9. The van der Waals surface area contributed by atoms with Crippen LogP contribution in [0.2, 0.25) is 10.0 Å². The first-order valence-corrected chi connectivity index (χ1v) is 6.82. The van der Waals surface area contributed by atoms with Crippen molar-refractivity contribution >= 4 is 40.5 Å². The number of halogens is 2. The first kappa shape index (κ1) is 14.1. The summed E-state index contributed by atoms with van der Waals surface area (Å²) in [6, 6.07) is 4.90. The fourth-order valence-corrected chi connectivity index (χ4v) is 2.72. The van der Waals surface area contributed by atoms with Crippen LogP contribution in [0.1, 0.15) is 20.4 Å². The first-order chi connectivity index (χ1) is 8.97. The smallest absolute Gasteiger partial charge is 0.347 e. The number of carboxylic acid groups (broad SMARTS) is 1. The molecule has 1 aromatic carbocycles. The number of thiazole rings is 1. The van der Waals surface area contributed by atoms with Gasteiger partial charge < -0.3 is 9.84 Å². The molecule has 1 heterocycles. The van der Waals surface area contributed by atoms with Gasteiger partial charge >= 0.3 is 5.97 Å². The van der Waals surface area contributed by atoms with Gasteiger partial charge in [-0.2, -0.15) is 0 Å². The van der Waals surface area contributed by atoms with Gasteiger partial charge in [0.2, 0.25) is 0 Å². The summed E-state index contributed by atoms with van der Waals surface area (Å²) in [7, 11) is 0. The summed E-state index contributed by atoms with van der Waals surface area (Å²) in [4.78, 5) is 15.3. The maximum Gasteiger partial charge on any atom is 0.347 e. The van der Waals surface area contributed by atoms with Crippen molar-refractivity contribution in [2.45, 2.75) is 13.5 Å². The average molecular weight is 318 g/mol. The third kappa shape index (κ3) is 3.37. The SMILES string of the molecule is Cc1nc(COc2ccc(Cl)cc2Cl)sc1C(=O)O. The number of aromatic carboxylic acids is 1. The maximum atomic E-state index is 10.9. The molecule has 0 aliphatic rings. The number of rotatable bonds is 4. The van der Waals surface area contributed by atoms with Crippen LogP contribution in [0.15, 0.2) is 18.2 Å². The summed E-state index contributed by atoms with van der Waals surface area (Å²) in [6.07, 6.45) is 0. The third-order valence-corrected chi connectivity index (χ3v) is 3.93. The number of carbonyl (C=O) groups is 1. The van der Waals surface area contributed by atoms with Gasteiger partial charge in [0.05, 0.1) is 10.7 Å². The normalized spacial score (nSPS) is 10.5. The molecule has 0 aliphatic heterocycles. The van der Waals surface area contributed by atoms with Crippen LogP contribution in [0, 0.1) is 6.92 Å². The summed E-state index contributed by atoms with van der Waals surface area (Å²) >= 11 is 12.8. The van der Waals surface area contributed by atoms with Gasteiger partial charge in [0, 0.05) is 5.02 Å². The second-order valence-corrected chi connectivity index (χ2v) is 5.62. The molecule has 0 saturated heterocycles. The highest BCUT2D eigenvalue weighted by Gasteiger charge is 2.14. The van der Waals surface area contributed by atoms with Crippen LogP contribution in [-0.2, 0) is 6.61 Å². The van der Waals surface area contributed by atoms with Crippen molar-refractivity contribution in [3.05, 3.63) is 43.8 Å². The molecule has 2 aromatic rings. The fraction of sp³-hybridized carbons (Fsp3) is 0.167. The Labute approximate surface area is 123 Å². The van der Waals surface area contributed by atoms with Gasteiger partial charge in [0.15, 0.2) is 0 Å². The van der Waals surface area contributed by atoms with Gasteiger partial charge in [-0.3, -0.25) is 0 Å². The van der Waals surface area contributed by atoms with E-state index in [9.17, 15) is 4.79 Å². The average Bonchev–Trinajstić information content (AvgIpc) is 2.69. The van der Waals surface area contributed by atoms with E-state index >= 15 is 0 Å². The van der Waals surface area contributed by atoms with Gasteiger partial charge in [-0.1, -0.05) is 23.2 Å². The van der Waals surface area contributed by atoms with Crippen LogP contribution in [0.3, 0.4) is 0 Å². The minimum absolute atomic E-state index is 0.167. The number of aromatic nitrogens is 1. The summed E-state index contributed by atoms with van der Waals surface area (Å²) in [6.45, 7) is 1.82. The predicted octanol–water partition coefficient (Wildman–Crippen LogP) is 4.04. The van der Waals surface area contributed by atoms with E-state index in [1.165, 1.54) is 0 Å². The van der Waals surface area contributed by atoms with Crippen LogP contribution in [0.4, 0.5) is 0 Å². The highest BCUT2D eigenvalue weighted by Crippen LogP contribution is 2.28. The Morgan fingerprint density at radius 2 is 2.21 bits per heavy atom. The van der Waals surface area contributed by atoms with Gasteiger partial charge in [-0.05, 0) is 25.1 Å². The quantitative estimate of drug-likeness (QED) is 0.924. The van der Waals surface area contributed by atoms with Crippen molar-refractivity contribution in [2.24, 2.45) is 0 Å². The van der Waals surface area contributed by atoms with E-state index in [4.69, 9.17) is 33.0 Å². The number of ether oxygens (including phenoxy) is 1. The van der Waals surface area contributed by atoms with Crippen molar-refractivity contribution in [1.82, 2.24) is 4.98 Å². The molecular weight excluding hydrogens is 309 g/mol. The van der Waals surface area contributed by atoms with Crippen LogP contribution in [-0.4, -0.2) is 16.1 Å². The minimum Gasteiger partial charge on any atom is -0.485 e. The van der Waals surface area contributed by atoms with Crippen molar-refractivity contribution in [2.75, 3.05) is 0 Å². The molecule has 2 rings (SSSR count). The molecule has 0 unspecified atom stereocenters. The van der Waals surface area contributed by atoms with Gasteiger partial charge in [0.1, 0.15) is 22.2 Å². The molecule has 0 fully saturated rings. The zero-order valence-corrected chi connectivity index (χ0v) is 12.1. The summed E-state index contributed by atoms with van der Waals surface area (Å²) < 4.78 is 5.49. The minimum atomic E-state index is -0.981. The zero-order valence-electron chi connectivity index (χ0n) is 9.81. The van der Waals surface area contributed by atoms with E-state index in [0.29, 0.717) is 26.5 Å². The molecule has 0 aliphatic carbocycles. The first-order valence-electron chi connectivity index (χ1n) is 5.25. The molecule has 0 bridgehead atoms. The van der Waals surface area contributed by atoms with Crippen molar-refractivity contribution < 1.29 is 14.6 Å². The second-order valence-electron chi connectivity index (χ2n) is 3.69. The topological polar surface area (TPSA) is 59.4 Å². The lowest BCUT2D eigenvalue weighted by molar-refractivity contribution is 0.0701. The number of nitrogens with zero attached hydrogens (tertiary/aromatic N) is 1. The van der Waals surface area contributed by atoms with Crippen molar-refractivity contribution in [1.29, 1.82) is 0 Å². The zero-order chi connectivity index (χ0) is 14.0. The Morgan fingerprint density at radius 3 is 2.79 bits per heavy atom. The van der Waals surface area contributed by atoms with Gasteiger partial charge in [-0.25, -0.2) is 9.78 Å². The van der Waals surface area contributed by atoms with Crippen molar-refractivity contribution in [3.8, 4) is 5.75 Å². The molecule has 0 atom stereocenters. The Morgan fingerprint density at radius 1 is 1.47 bits per heavy atom. The number of carboxylic acids is 1. The fourth-order valence-electron chi connectivity index (χ4n) is 1.44. The van der Waals surface area contributed by atoms with Crippen LogP contribution >= 0.6 is 34.5 Å². The molecule has 100 valence electrons. The molecule has 0 saturated carbocycles. The molecule has 1 N–H and O–H groups in total. The number of aryl methyl sites for hydroxylation is 1. The van der Waals surface area contributed by atoms with Crippen LogP contribution in [0.5, 0.6) is 5.75 Å². The largest absolute Gasteiger partial charge is 0.485 e. The molecule has 7 heteroatoms. The van der Waals surface area contributed by atoms with Gasteiger partial charge in [-0.15, -0.1) is 11.3 Å². The highest BCUT2D eigenvalue weighted by molar-refractivity contribution is 7.13. The molecular formula is C12H9Cl2NO3S. The lowest BCUT2D eigenvalue weighted by atomic mass is 10.3. The van der Waals surface area contributed by atoms with E-state index in [2.05, 4.69) is 4.98 Å². The number of benzene rings is 1. The lowest BCUT2D eigenvalue weighted by Gasteiger charge is -2.06. The van der Waals surface area contributed by atoms with Crippen LogP contribution in [0.25, 0.3) is 0 Å². The Balaban J connectivity index is 2.10. The van der Waals surface area contributed by atoms with E-state index < -0.39 is 5.97 Å². The third-order valence-electron chi connectivity index (χ3n) is 2.28. The second kappa shape index (κ2) is 5.77. The highest BCUT2D eigenvalue weighted by atomic mass is 35.5. The Kier molecular flexibility index (Phi) is 4.29. The van der Waals surface area contributed by atoms with E-state index in [0.717, 1.165) is 11.3 Å². The molecule has 0 radical (unpaired) electrons. The standard InChI is InChI=1S/C12H9Cl2NO3S/c1-6-11(12(16)17)19-10(15-6)5-18-9-3-2-7(13)4-8(9)14/h2-4H,5H2,1H3,(H,16,17). The van der Waals surface area contributed by atoms with Crippen LogP contribution < -0.4 is 4.74 Å². The molecule has 0 spiro atoms. The molecule has 4 nitrogen and oxygen atoms in total. The summed E-state index contributed by atoms with van der Waals surface area (Å²) in [5.74, 6) is -0.499. The summed E-state index contributed by atoms with van der Waals surface area (Å²) in [5, 5.41) is 10.4. The molecule has 0 amide bonds. The Bertz CT molecular complexity index is 627. The van der Waals surface area contributed by atoms with Gasteiger partial charge in [0.25, 0.3) is 0 Å². The number of hydrogen-bond acceptors (Lipinski definition) is 4. The van der Waals surface area contributed by atoms with E-state index in [1.807, 2.05) is 0 Å². The predicted molar refractivity (Wildman–Crippen MR) is 74.6 cm³/mol. The van der Waals surface area contributed by atoms with E-state index in [-0.39, 0.29) is 11.5 Å². The monoisotopic (exact) mass is 317 g/mol. The lowest BCUT2D eigenvalue weighted by Crippen LogP contribution is -1.95. The Hall–Kier alpha value is -1.30.